The minimum absolute atomic E-state index is 0.00353. The molecule has 1 aromatic rings. The summed E-state index contributed by atoms with van der Waals surface area (Å²) in [7, 11) is 2.26. The molecule has 0 amide bonds. The number of ether oxygens (including phenoxy) is 1. The summed E-state index contributed by atoms with van der Waals surface area (Å²) >= 11 is 0. The summed E-state index contributed by atoms with van der Waals surface area (Å²) in [5.41, 5.74) is -0.0945. The molecule has 4 rings (SSSR count). The van der Waals surface area contributed by atoms with Crippen LogP contribution in [-0.2, 0) is 14.9 Å². The fraction of sp³-hybridized carbons (Fsp3) is 0.632. The van der Waals surface area contributed by atoms with Crippen molar-refractivity contribution in [1.29, 1.82) is 0 Å². The largest absolute Gasteiger partial charge is 0.455 e. The van der Waals surface area contributed by atoms with Crippen molar-refractivity contribution in [2.24, 2.45) is 5.92 Å². The Balaban J connectivity index is 1.80. The van der Waals surface area contributed by atoms with Crippen LogP contribution in [0.4, 0.5) is 0 Å². The van der Waals surface area contributed by atoms with E-state index in [-0.39, 0.29) is 18.7 Å². The maximum atomic E-state index is 13.0. The van der Waals surface area contributed by atoms with Crippen molar-refractivity contribution in [3.05, 3.63) is 35.9 Å². The van der Waals surface area contributed by atoms with Crippen LogP contribution in [0.25, 0.3) is 0 Å². The molecule has 0 spiro atoms. The monoisotopic (exact) mass is 318 g/mol. The van der Waals surface area contributed by atoms with Gasteiger partial charge < -0.3 is 14.3 Å². The maximum Gasteiger partial charge on any atom is 0.319 e. The average Bonchev–Trinajstić information content (AvgIpc) is 2.57. The molecule has 2 atom stereocenters. The van der Waals surface area contributed by atoms with Gasteiger partial charge in [-0.1, -0.05) is 37.3 Å². The van der Waals surface area contributed by atoms with Crippen LogP contribution in [-0.4, -0.2) is 55.0 Å². The van der Waals surface area contributed by atoms with Crippen LogP contribution in [0.1, 0.15) is 31.7 Å². The number of rotatable bonds is 5. The summed E-state index contributed by atoms with van der Waals surface area (Å²) in [6.45, 7) is 5.02. The molecule has 3 aliphatic heterocycles. The fourth-order valence-corrected chi connectivity index (χ4v) is 4.22. The van der Waals surface area contributed by atoms with E-state index in [1.54, 1.807) is 0 Å². The van der Waals surface area contributed by atoms with Gasteiger partial charge in [0.05, 0.1) is 26.7 Å². The topological polar surface area (TPSA) is 46.5 Å². The Hall–Kier alpha value is -1.39. The number of likely N-dealkylation sites (N-methyl/N-ethyl adjacent to an activating group) is 1. The normalized spacial score (nSPS) is 32.3. The van der Waals surface area contributed by atoms with Gasteiger partial charge in [0.1, 0.15) is 12.0 Å². The van der Waals surface area contributed by atoms with Crippen molar-refractivity contribution in [3.8, 4) is 0 Å². The molecular formula is C19H28NO3+. The molecule has 0 aliphatic carbocycles. The van der Waals surface area contributed by atoms with Crippen molar-refractivity contribution in [2.75, 3.05) is 33.3 Å². The minimum Gasteiger partial charge on any atom is -0.455 e. The van der Waals surface area contributed by atoms with Crippen LogP contribution in [0, 0.1) is 5.92 Å². The van der Waals surface area contributed by atoms with Gasteiger partial charge in [0.2, 0.25) is 0 Å². The Kier molecular flexibility index (Phi) is 4.47. The van der Waals surface area contributed by atoms with Gasteiger partial charge in [-0.25, -0.2) is 0 Å². The second-order valence-electron chi connectivity index (χ2n) is 7.49. The third kappa shape index (κ3) is 2.90. The van der Waals surface area contributed by atoms with Crippen molar-refractivity contribution < 1.29 is 19.1 Å². The highest BCUT2D eigenvalue weighted by molar-refractivity contribution is 5.83. The zero-order chi connectivity index (χ0) is 16.5. The van der Waals surface area contributed by atoms with Crippen LogP contribution < -0.4 is 0 Å². The first-order valence-corrected chi connectivity index (χ1v) is 8.74. The van der Waals surface area contributed by atoms with Gasteiger partial charge >= 0.3 is 5.97 Å². The number of aliphatic hydroxyl groups excluding tert-OH is 1. The van der Waals surface area contributed by atoms with Crippen LogP contribution in [0.3, 0.4) is 0 Å². The second kappa shape index (κ2) is 6.25. The lowest BCUT2D eigenvalue weighted by atomic mass is 9.78. The van der Waals surface area contributed by atoms with E-state index >= 15 is 0 Å². The van der Waals surface area contributed by atoms with Gasteiger partial charge in [-0.05, 0) is 12.0 Å². The van der Waals surface area contributed by atoms with Gasteiger partial charge in [0.25, 0.3) is 0 Å². The number of aliphatic hydroxyl groups is 1. The molecule has 2 bridgehead atoms. The number of quaternary nitrogens is 1. The smallest absolute Gasteiger partial charge is 0.319 e. The van der Waals surface area contributed by atoms with Crippen molar-refractivity contribution in [2.45, 2.75) is 37.7 Å². The predicted molar refractivity (Wildman–Crippen MR) is 88.9 cm³/mol. The van der Waals surface area contributed by atoms with Gasteiger partial charge in [-0.15, -0.1) is 0 Å². The highest BCUT2D eigenvalue weighted by Gasteiger charge is 2.48. The van der Waals surface area contributed by atoms with Gasteiger partial charge in [0.15, 0.2) is 6.10 Å². The molecule has 3 saturated heterocycles. The molecule has 23 heavy (non-hydrogen) atoms. The molecule has 1 aromatic carbocycles. The maximum absolute atomic E-state index is 13.0. The van der Waals surface area contributed by atoms with Crippen molar-refractivity contribution >= 4 is 5.97 Å². The van der Waals surface area contributed by atoms with E-state index in [2.05, 4.69) is 7.05 Å². The van der Waals surface area contributed by atoms with E-state index < -0.39 is 5.41 Å². The number of carbonyl (C=O) groups is 1. The molecule has 0 aromatic heterocycles. The molecule has 3 heterocycles. The summed E-state index contributed by atoms with van der Waals surface area (Å²) in [5.74, 6) is 0.224. The van der Waals surface area contributed by atoms with Crippen molar-refractivity contribution in [1.82, 2.24) is 0 Å². The summed E-state index contributed by atoms with van der Waals surface area (Å²) in [4.78, 5) is 13.0. The van der Waals surface area contributed by atoms with Crippen LogP contribution >= 0.6 is 0 Å². The molecule has 126 valence electrons. The Labute approximate surface area is 138 Å². The van der Waals surface area contributed by atoms with Crippen molar-refractivity contribution in [3.63, 3.8) is 0 Å². The van der Waals surface area contributed by atoms with Gasteiger partial charge in [0, 0.05) is 18.8 Å². The van der Waals surface area contributed by atoms with E-state index in [0.29, 0.717) is 12.3 Å². The zero-order valence-electron chi connectivity index (χ0n) is 14.2. The summed E-state index contributed by atoms with van der Waals surface area (Å²) in [6.07, 6.45) is 2.81. The van der Waals surface area contributed by atoms with E-state index in [9.17, 15) is 9.90 Å². The second-order valence-corrected chi connectivity index (χ2v) is 7.49. The Morgan fingerprint density at radius 2 is 1.96 bits per heavy atom. The number of nitrogens with zero attached hydrogens (tertiary/aromatic N) is 1. The fourth-order valence-electron chi connectivity index (χ4n) is 4.22. The first kappa shape index (κ1) is 16.5. The molecule has 0 radical (unpaired) electrons. The molecule has 0 saturated carbocycles. The van der Waals surface area contributed by atoms with Gasteiger partial charge in [-0.3, -0.25) is 4.79 Å². The average molecular weight is 318 g/mol. The van der Waals surface area contributed by atoms with Crippen LogP contribution in [0.5, 0.6) is 0 Å². The molecule has 2 unspecified atom stereocenters. The van der Waals surface area contributed by atoms with Crippen LogP contribution in [0.15, 0.2) is 30.3 Å². The number of hydrogen-bond donors (Lipinski definition) is 1. The Morgan fingerprint density at radius 3 is 2.48 bits per heavy atom. The highest BCUT2D eigenvalue weighted by Crippen LogP contribution is 2.36. The Bertz CT molecular complexity index is 545. The highest BCUT2D eigenvalue weighted by atomic mass is 16.5. The molecule has 1 N–H and O–H groups in total. The Morgan fingerprint density at radius 1 is 1.30 bits per heavy atom. The standard InChI is InChI=1S/C19H28NO3/c1-3-19(14-21,16-7-5-4-6-8-16)18(22)23-17-13-20(2)11-9-15(17)10-12-20/h4-8,15,17,21H,3,9-14H2,1-2H3/q+1. The first-order valence-electron chi connectivity index (χ1n) is 8.74. The quantitative estimate of drug-likeness (QED) is 0.668. The predicted octanol–water partition coefficient (Wildman–Crippen LogP) is 2.11. The van der Waals surface area contributed by atoms with E-state index in [0.717, 1.165) is 29.4 Å². The number of hydrogen-bond acceptors (Lipinski definition) is 3. The van der Waals surface area contributed by atoms with E-state index in [1.807, 2.05) is 37.3 Å². The minimum atomic E-state index is -0.939. The number of benzene rings is 1. The third-order valence-corrected chi connectivity index (χ3v) is 6.07. The van der Waals surface area contributed by atoms with Crippen LogP contribution in [0.2, 0.25) is 0 Å². The van der Waals surface area contributed by atoms with E-state index in [1.165, 1.54) is 13.1 Å². The molecule has 3 fully saturated rings. The summed E-state index contributed by atoms with van der Waals surface area (Å²) in [5, 5.41) is 10.0. The number of fused-ring (bicyclic) bond motifs is 3. The lowest BCUT2D eigenvalue weighted by molar-refractivity contribution is -0.928. The van der Waals surface area contributed by atoms with E-state index in [4.69, 9.17) is 4.74 Å². The van der Waals surface area contributed by atoms with Gasteiger partial charge in [-0.2, -0.15) is 0 Å². The molecular weight excluding hydrogens is 290 g/mol. The molecule has 4 heteroatoms. The SMILES string of the molecule is CCC(CO)(C(=O)OC1C[N+]2(C)CCC1CC2)c1ccccc1. The lowest BCUT2D eigenvalue weighted by Gasteiger charge is -2.50. The summed E-state index contributed by atoms with van der Waals surface area (Å²) in [6, 6.07) is 9.55. The summed E-state index contributed by atoms with van der Waals surface area (Å²) < 4.78 is 6.99. The number of esters is 1. The number of carbonyl (C=O) groups excluding carboxylic acids is 1. The number of piperidine rings is 3. The zero-order valence-corrected chi connectivity index (χ0v) is 14.2. The first-order chi connectivity index (χ1) is 11.0. The molecule has 4 nitrogen and oxygen atoms in total. The lowest BCUT2D eigenvalue weighted by Crippen LogP contribution is -2.62. The molecule has 3 aliphatic rings. The third-order valence-electron chi connectivity index (χ3n) is 6.07.